The summed E-state index contributed by atoms with van der Waals surface area (Å²) in [5.74, 6) is 2.86. The van der Waals surface area contributed by atoms with Crippen molar-refractivity contribution in [2.45, 2.75) is 71.8 Å². The lowest BCUT2D eigenvalue weighted by Crippen LogP contribution is -2.12. The number of aromatic nitrogens is 2. The first-order valence-corrected chi connectivity index (χ1v) is 7.48. The molecule has 0 unspecified atom stereocenters. The molecule has 1 fully saturated rings. The molecule has 0 saturated heterocycles. The molecule has 3 nitrogen and oxygen atoms in total. The maximum absolute atomic E-state index is 6.30. The lowest BCUT2D eigenvalue weighted by Gasteiger charge is -2.20. The summed E-state index contributed by atoms with van der Waals surface area (Å²) in [6, 6.07) is 0.410. The number of nitrogens with zero attached hydrogens (tertiary/aromatic N) is 2. The first-order chi connectivity index (χ1) is 8.63. The highest BCUT2D eigenvalue weighted by molar-refractivity contribution is 5.39. The van der Waals surface area contributed by atoms with E-state index in [9.17, 15) is 0 Å². The van der Waals surface area contributed by atoms with Gasteiger partial charge >= 0.3 is 0 Å². The van der Waals surface area contributed by atoms with Crippen LogP contribution in [-0.2, 0) is 12.8 Å². The van der Waals surface area contributed by atoms with E-state index in [-0.39, 0.29) is 0 Å². The third-order valence-corrected chi connectivity index (χ3v) is 4.14. The minimum Gasteiger partial charge on any atom is -0.384 e. The number of hydrogen-bond acceptors (Lipinski definition) is 2. The molecular weight excluding hydrogens is 222 g/mol. The van der Waals surface area contributed by atoms with Crippen LogP contribution < -0.4 is 5.73 Å². The predicted octanol–water partition coefficient (Wildman–Crippen LogP) is 3.73. The summed E-state index contributed by atoms with van der Waals surface area (Å²) in [4.78, 5) is 4.78. The summed E-state index contributed by atoms with van der Waals surface area (Å²) in [6.45, 7) is 6.52. The van der Waals surface area contributed by atoms with Gasteiger partial charge in [-0.25, -0.2) is 4.98 Å². The van der Waals surface area contributed by atoms with Crippen LogP contribution in [0.4, 0.5) is 5.82 Å². The Bertz CT molecular complexity index is 387. The van der Waals surface area contributed by atoms with Crippen molar-refractivity contribution in [1.82, 2.24) is 9.55 Å². The molecule has 0 bridgehead atoms. The third kappa shape index (κ3) is 2.70. The zero-order valence-electron chi connectivity index (χ0n) is 12.1. The molecule has 2 rings (SSSR count). The highest BCUT2D eigenvalue weighted by Crippen LogP contribution is 2.29. The Morgan fingerprint density at radius 3 is 2.44 bits per heavy atom. The molecule has 0 aromatic carbocycles. The molecule has 2 N–H and O–H groups in total. The molecule has 1 heterocycles. The van der Waals surface area contributed by atoms with Gasteiger partial charge in [0.05, 0.1) is 5.69 Å². The second kappa shape index (κ2) is 5.77. The Balaban J connectivity index is 2.17. The van der Waals surface area contributed by atoms with E-state index in [2.05, 4.69) is 25.3 Å². The largest absolute Gasteiger partial charge is 0.384 e. The highest BCUT2D eigenvalue weighted by atomic mass is 15.2. The van der Waals surface area contributed by atoms with Crippen LogP contribution in [0.2, 0.25) is 0 Å². The van der Waals surface area contributed by atoms with E-state index in [0.717, 1.165) is 36.1 Å². The van der Waals surface area contributed by atoms with Gasteiger partial charge in [-0.2, -0.15) is 0 Å². The van der Waals surface area contributed by atoms with Gasteiger partial charge < -0.3 is 10.3 Å². The lowest BCUT2D eigenvalue weighted by molar-refractivity contribution is 0.355. The topological polar surface area (TPSA) is 43.8 Å². The van der Waals surface area contributed by atoms with Gasteiger partial charge in [0.25, 0.3) is 0 Å². The summed E-state index contributed by atoms with van der Waals surface area (Å²) in [7, 11) is 0. The van der Waals surface area contributed by atoms with Gasteiger partial charge in [-0.15, -0.1) is 0 Å². The number of anilines is 1. The van der Waals surface area contributed by atoms with Crippen LogP contribution in [-0.4, -0.2) is 9.55 Å². The molecular formula is C15H27N3. The van der Waals surface area contributed by atoms with E-state index in [0.29, 0.717) is 6.04 Å². The number of nitrogen functional groups attached to an aromatic ring is 1. The molecule has 1 aromatic heterocycles. The molecule has 102 valence electrons. The van der Waals surface area contributed by atoms with Crippen molar-refractivity contribution in [3.05, 3.63) is 11.5 Å². The number of hydrogen-bond donors (Lipinski definition) is 1. The predicted molar refractivity (Wildman–Crippen MR) is 76.7 cm³/mol. The molecule has 1 aliphatic rings. The quantitative estimate of drug-likeness (QED) is 0.883. The van der Waals surface area contributed by atoms with Crippen molar-refractivity contribution < 1.29 is 0 Å². The molecule has 0 atom stereocenters. The average molecular weight is 249 g/mol. The van der Waals surface area contributed by atoms with Crippen LogP contribution in [0.3, 0.4) is 0 Å². The molecule has 1 saturated carbocycles. The Morgan fingerprint density at radius 2 is 1.94 bits per heavy atom. The molecule has 1 aliphatic carbocycles. The van der Waals surface area contributed by atoms with E-state index >= 15 is 0 Å². The number of rotatable bonds is 4. The van der Waals surface area contributed by atoms with Crippen molar-refractivity contribution >= 4 is 5.82 Å². The van der Waals surface area contributed by atoms with Gasteiger partial charge in [-0.05, 0) is 26.2 Å². The number of aryl methyl sites for hydroxylation is 1. The fourth-order valence-electron chi connectivity index (χ4n) is 3.19. The fourth-order valence-corrected chi connectivity index (χ4v) is 3.19. The zero-order chi connectivity index (χ0) is 13.1. The Kier molecular flexibility index (Phi) is 4.31. The first kappa shape index (κ1) is 13.4. The van der Waals surface area contributed by atoms with Crippen molar-refractivity contribution in [3.8, 4) is 0 Å². The van der Waals surface area contributed by atoms with Crippen LogP contribution in [0.25, 0.3) is 0 Å². The van der Waals surface area contributed by atoms with E-state index in [1.54, 1.807) is 0 Å². The summed E-state index contributed by atoms with van der Waals surface area (Å²) in [6.07, 6.45) is 8.94. The standard InChI is InChI=1S/C15H27N3/c1-4-14-17-13(15(16)18(14)11(2)3)10-12-8-6-5-7-9-12/h11-12H,4-10,16H2,1-3H3. The minimum absolute atomic E-state index is 0.410. The summed E-state index contributed by atoms with van der Waals surface area (Å²) >= 11 is 0. The summed E-state index contributed by atoms with van der Waals surface area (Å²) in [5.41, 5.74) is 7.44. The fraction of sp³-hybridized carbons (Fsp3) is 0.800. The Labute approximate surface area is 111 Å². The summed E-state index contributed by atoms with van der Waals surface area (Å²) < 4.78 is 2.21. The van der Waals surface area contributed by atoms with E-state index in [1.807, 2.05) is 0 Å². The van der Waals surface area contributed by atoms with Crippen LogP contribution in [0.1, 0.15) is 70.4 Å². The highest BCUT2D eigenvalue weighted by Gasteiger charge is 2.20. The maximum Gasteiger partial charge on any atom is 0.127 e. The van der Waals surface area contributed by atoms with Gasteiger partial charge in [-0.3, -0.25) is 0 Å². The Hall–Kier alpha value is -0.990. The summed E-state index contributed by atoms with van der Waals surface area (Å²) in [5, 5.41) is 0. The van der Waals surface area contributed by atoms with Gasteiger partial charge in [0.1, 0.15) is 11.6 Å². The second-order valence-electron chi connectivity index (χ2n) is 5.89. The molecule has 0 spiro atoms. The second-order valence-corrected chi connectivity index (χ2v) is 5.89. The van der Waals surface area contributed by atoms with E-state index < -0.39 is 0 Å². The number of imidazole rings is 1. The van der Waals surface area contributed by atoms with Crippen LogP contribution in [0.15, 0.2) is 0 Å². The lowest BCUT2D eigenvalue weighted by atomic mass is 9.86. The third-order valence-electron chi connectivity index (χ3n) is 4.14. The Morgan fingerprint density at radius 1 is 1.28 bits per heavy atom. The molecule has 1 aromatic rings. The van der Waals surface area contributed by atoms with Crippen molar-refractivity contribution in [2.75, 3.05) is 5.73 Å². The molecule has 18 heavy (non-hydrogen) atoms. The molecule has 3 heteroatoms. The van der Waals surface area contributed by atoms with E-state index in [1.165, 1.54) is 32.1 Å². The first-order valence-electron chi connectivity index (χ1n) is 7.48. The average Bonchev–Trinajstić information content (AvgIpc) is 2.67. The minimum atomic E-state index is 0.410. The van der Waals surface area contributed by atoms with Crippen molar-refractivity contribution in [3.63, 3.8) is 0 Å². The van der Waals surface area contributed by atoms with Crippen LogP contribution >= 0.6 is 0 Å². The zero-order valence-corrected chi connectivity index (χ0v) is 12.1. The SMILES string of the molecule is CCc1nc(CC2CCCCC2)c(N)n1C(C)C. The van der Waals surface area contributed by atoms with Crippen molar-refractivity contribution in [2.24, 2.45) is 5.92 Å². The maximum atomic E-state index is 6.30. The normalized spacial score (nSPS) is 17.6. The number of nitrogens with two attached hydrogens (primary N) is 1. The molecule has 0 amide bonds. The molecule has 0 aliphatic heterocycles. The monoisotopic (exact) mass is 249 g/mol. The van der Waals surface area contributed by atoms with Crippen molar-refractivity contribution in [1.29, 1.82) is 0 Å². The van der Waals surface area contributed by atoms with Gasteiger partial charge in [-0.1, -0.05) is 39.0 Å². The van der Waals surface area contributed by atoms with Gasteiger partial charge in [0.15, 0.2) is 0 Å². The van der Waals surface area contributed by atoms with Gasteiger partial charge in [0.2, 0.25) is 0 Å². The van der Waals surface area contributed by atoms with Crippen LogP contribution in [0.5, 0.6) is 0 Å². The molecule has 0 radical (unpaired) electrons. The van der Waals surface area contributed by atoms with Gasteiger partial charge in [0, 0.05) is 12.5 Å². The van der Waals surface area contributed by atoms with E-state index in [4.69, 9.17) is 10.7 Å². The van der Waals surface area contributed by atoms with Crippen LogP contribution in [0, 0.1) is 5.92 Å². The smallest absolute Gasteiger partial charge is 0.127 e.